The van der Waals surface area contributed by atoms with Gasteiger partial charge in [0.1, 0.15) is 18.5 Å². The fourth-order valence-electron chi connectivity index (χ4n) is 2.49. The van der Waals surface area contributed by atoms with Gasteiger partial charge in [-0.3, -0.25) is 10.00 Å². The van der Waals surface area contributed by atoms with Crippen molar-refractivity contribution in [2.75, 3.05) is 13.1 Å². The Morgan fingerprint density at radius 1 is 1.40 bits per heavy atom. The number of rotatable bonds is 3. The first-order valence-electron chi connectivity index (χ1n) is 7.00. The predicted octanol–water partition coefficient (Wildman–Crippen LogP) is 1.14. The van der Waals surface area contributed by atoms with Gasteiger partial charge in [-0.15, -0.1) is 0 Å². The maximum Gasteiger partial charge on any atom is 0.156 e. The van der Waals surface area contributed by atoms with Crippen molar-refractivity contribution in [3.05, 3.63) is 24.3 Å². The Kier molecular flexibility index (Phi) is 3.29. The molecule has 2 aromatic rings. The zero-order chi connectivity index (χ0) is 14.2. The van der Waals surface area contributed by atoms with E-state index < -0.39 is 0 Å². The maximum atomic E-state index is 4.59. The molecule has 0 saturated carbocycles. The quantitative estimate of drug-likeness (QED) is 0.909. The molecule has 1 fully saturated rings. The molecule has 1 unspecified atom stereocenters. The van der Waals surface area contributed by atoms with E-state index in [-0.39, 0.29) is 5.41 Å². The van der Waals surface area contributed by atoms with Crippen LogP contribution in [0.2, 0.25) is 0 Å². The highest BCUT2D eigenvalue weighted by Crippen LogP contribution is 2.22. The van der Waals surface area contributed by atoms with Gasteiger partial charge in [-0.1, -0.05) is 20.8 Å². The molecule has 108 valence electrons. The van der Waals surface area contributed by atoms with Crippen LogP contribution in [0.3, 0.4) is 0 Å². The molecule has 7 heteroatoms. The van der Waals surface area contributed by atoms with E-state index in [4.69, 9.17) is 0 Å². The highest BCUT2D eigenvalue weighted by atomic mass is 15.4. The molecule has 1 N–H and O–H groups in total. The van der Waals surface area contributed by atoms with E-state index in [9.17, 15) is 0 Å². The van der Waals surface area contributed by atoms with Crippen LogP contribution in [0.5, 0.6) is 0 Å². The SMILES string of the molecule is CC(C)(C)c1n[nH]c(CN2CCC(n3cncn3)C2)n1. The molecule has 7 nitrogen and oxygen atoms in total. The van der Waals surface area contributed by atoms with E-state index >= 15 is 0 Å². The minimum atomic E-state index is -0.0109. The third kappa shape index (κ3) is 2.72. The maximum absolute atomic E-state index is 4.59. The second kappa shape index (κ2) is 4.97. The molecule has 0 aromatic carbocycles. The molecule has 1 aliphatic rings. The Morgan fingerprint density at radius 2 is 2.25 bits per heavy atom. The van der Waals surface area contributed by atoms with Crippen molar-refractivity contribution in [2.45, 2.75) is 45.2 Å². The molecule has 0 radical (unpaired) electrons. The Hall–Kier alpha value is -1.76. The molecule has 3 heterocycles. The van der Waals surface area contributed by atoms with Gasteiger partial charge >= 0.3 is 0 Å². The molecule has 20 heavy (non-hydrogen) atoms. The van der Waals surface area contributed by atoms with Crippen LogP contribution in [-0.4, -0.2) is 47.9 Å². The predicted molar refractivity (Wildman–Crippen MR) is 74.0 cm³/mol. The monoisotopic (exact) mass is 275 g/mol. The second-order valence-electron chi connectivity index (χ2n) is 6.41. The van der Waals surface area contributed by atoms with Gasteiger partial charge in [0.05, 0.1) is 12.6 Å². The number of hydrogen-bond donors (Lipinski definition) is 1. The summed E-state index contributed by atoms with van der Waals surface area (Å²) < 4.78 is 1.95. The molecule has 2 aromatic heterocycles. The molecule has 1 atom stereocenters. The van der Waals surface area contributed by atoms with Gasteiger partial charge in [-0.2, -0.15) is 10.2 Å². The minimum absolute atomic E-state index is 0.0109. The van der Waals surface area contributed by atoms with Crippen LogP contribution in [0.25, 0.3) is 0 Å². The van der Waals surface area contributed by atoms with Crippen LogP contribution in [0.4, 0.5) is 0 Å². The lowest BCUT2D eigenvalue weighted by Crippen LogP contribution is -2.22. The second-order valence-corrected chi connectivity index (χ2v) is 6.41. The minimum Gasteiger partial charge on any atom is -0.294 e. The summed E-state index contributed by atoms with van der Waals surface area (Å²) in [6.45, 7) is 9.21. The zero-order valence-electron chi connectivity index (χ0n) is 12.2. The summed E-state index contributed by atoms with van der Waals surface area (Å²) >= 11 is 0. The van der Waals surface area contributed by atoms with Crippen molar-refractivity contribution in [3.8, 4) is 0 Å². The molecule has 1 aliphatic heterocycles. The first kappa shape index (κ1) is 13.2. The van der Waals surface area contributed by atoms with Crippen LogP contribution in [-0.2, 0) is 12.0 Å². The standard InChI is InChI=1S/C13H21N7/c1-13(2,3)12-16-11(17-18-12)7-19-5-4-10(6-19)20-9-14-8-15-20/h8-10H,4-7H2,1-3H3,(H,16,17,18). The van der Waals surface area contributed by atoms with Crippen LogP contribution in [0.15, 0.2) is 12.7 Å². The fraction of sp³-hybridized carbons (Fsp3) is 0.692. The summed E-state index contributed by atoms with van der Waals surface area (Å²) in [4.78, 5) is 11.0. The smallest absolute Gasteiger partial charge is 0.156 e. The van der Waals surface area contributed by atoms with E-state index in [1.165, 1.54) is 0 Å². The normalized spacial score (nSPS) is 20.6. The van der Waals surface area contributed by atoms with Gasteiger partial charge in [0, 0.05) is 18.5 Å². The van der Waals surface area contributed by atoms with E-state index in [0.29, 0.717) is 6.04 Å². The van der Waals surface area contributed by atoms with Gasteiger partial charge in [0.2, 0.25) is 0 Å². The van der Waals surface area contributed by atoms with Gasteiger partial charge in [0.15, 0.2) is 5.82 Å². The molecule has 0 spiro atoms. The van der Waals surface area contributed by atoms with Crippen LogP contribution in [0.1, 0.15) is 44.9 Å². The lowest BCUT2D eigenvalue weighted by molar-refractivity contribution is 0.304. The summed E-state index contributed by atoms with van der Waals surface area (Å²) in [5.74, 6) is 1.81. The molecule has 0 amide bonds. The van der Waals surface area contributed by atoms with Crippen molar-refractivity contribution >= 4 is 0 Å². The van der Waals surface area contributed by atoms with E-state index in [1.54, 1.807) is 12.7 Å². The van der Waals surface area contributed by atoms with E-state index in [1.807, 2.05) is 4.68 Å². The summed E-state index contributed by atoms with van der Waals surface area (Å²) in [5.41, 5.74) is -0.0109. The highest BCUT2D eigenvalue weighted by molar-refractivity contribution is 5.02. The fourth-order valence-corrected chi connectivity index (χ4v) is 2.49. The van der Waals surface area contributed by atoms with E-state index in [2.05, 4.69) is 50.9 Å². The Bertz CT molecular complexity index is 552. The molecular formula is C13H21N7. The van der Waals surface area contributed by atoms with Crippen molar-refractivity contribution in [2.24, 2.45) is 0 Å². The van der Waals surface area contributed by atoms with Gasteiger partial charge < -0.3 is 0 Å². The summed E-state index contributed by atoms with van der Waals surface area (Å²) in [6, 6.07) is 0.419. The molecule has 1 saturated heterocycles. The molecular weight excluding hydrogens is 254 g/mol. The average Bonchev–Trinajstić information content (AvgIpc) is 3.08. The number of aromatic amines is 1. The third-order valence-corrected chi connectivity index (χ3v) is 3.63. The Balaban J connectivity index is 1.61. The number of likely N-dealkylation sites (tertiary alicyclic amines) is 1. The summed E-state index contributed by atoms with van der Waals surface area (Å²) in [6.07, 6.45) is 4.48. The molecule has 3 rings (SSSR count). The Labute approximate surface area is 118 Å². The summed E-state index contributed by atoms with van der Waals surface area (Å²) in [5, 5.41) is 11.6. The van der Waals surface area contributed by atoms with Crippen LogP contribution >= 0.6 is 0 Å². The topological polar surface area (TPSA) is 75.5 Å². The highest BCUT2D eigenvalue weighted by Gasteiger charge is 2.26. The van der Waals surface area contributed by atoms with Crippen LogP contribution in [0, 0.1) is 0 Å². The average molecular weight is 275 g/mol. The molecule has 0 bridgehead atoms. The summed E-state index contributed by atoms with van der Waals surface area (Å²) in [7, 11) is 0. The van der Waals surface area contributed by atoms with Gasteiger partial charge in [-0.05, 0) is 6.42 Å². The lowest BCUT2D eigenvalue weighted by atomic mass is 9.96. The zero-order valence-corrected chi connectivity index (χ0v) is 12.2. The van der Waals surface area contributed by atoms with Crippen molar-refractivity contribution in [1.29, 1.82) is 0 Å². The van der Waals surface area contributed by atoms with Crippen molar-refractivity contribution in [3.63, 3.8) is 0 Å². The number of aromatic nitrogens is 6. The van der Waals surface area contributed by atoms with Gasteiger partial charge in [-0.25, -0.2) is 14.6 Å². The number of H-pyrrole nitrogens is 1. The lowest BCUT2D eigenvalue weighted by Gasteiger charge is -2.14. The van der Waals surface area contributed by atoms with Crippen molar-refractivity contribution < 1.29 is 0 Å². The first-order chi connectivity index (χ1) is 9.52. The first-order valence-corrected chi connectivity index (χ1v) is 7.00. The van der Waals surface area contributed by atoms with Gasteiger partial charge in [0.25, 0.3) is 0 Å². The number of hydrogen-bond acceptors (Lipinski definition) is 5. The Morgan fingerprint density at radius 3 is 2.90 bits per heavy atom. The van der Waals surface area contributed by atoms with Crippen LogP contribution < -0.4 is 0 Å². The number of nitrogens with one attached hydrogen (secondary N) is 1. The van der Waals surface area contributed by atoms with E-state index in [0.717, 1.165) is 37.7 Å². The van der Waals surface area contributed by atoms with Crippen molar-refractivity contribution in [1.82, 2.24) is 34.8 Å². The third-order valence-electron chi connectivity index (χ3n) is 3.63. The molecule has 0 aliphatic carbocycles. The number of nitrogens with zero attached hydrogens (tertiary/aromatic N) is 6. The largest absolute Gasteiger partial charge is 0.294 e.